The maximum absolute atomic E-state index is 13.3. The highest BCUT2D eigenvalue weighted by Crippen LogP contribution is 2.46. The lowest BCUT2D eigenvalue weighted by Crippen LogP contribution is -2.42. The summed E-state index contributed by atoms with van der Waals surface area (Å²) in [6.45, 7) is 27.3. The summed E-state index contributed by atoms with van der Waals surface area (Å²) in [5.74, 6) is -3.48. The normalized spacial score (nSPS) is 19.7. The Kier molecular flexibility index (Phi) is 8.68. The van der Waals surface area contributed by atoms with Crippen molar-refractivity contribution >= 4 is 11.9 Å². The van der Waals surface area contributed by atoms with Crippen LogP contribution in [0.25, 0.3) is 0 Å². The van der Waals surface area contributed by atoms with E-state index < -0.39 is 23.6 Å². The number of carbonyl (C=O) groups is 2. The fourth-order valence-electron chi connectivity index (χ4n) is 5.60. The quantitative estimate of drug-likeness (QED) is 0.225. The molecule has 0 bridgehead atoms. The van der Waals surface area contributed by atoms with Gasteiger partial charge >= 0.3 is 17.7 Å². The lowest BCUT2D eigenvalue weighted by atomic mass is 9.63. The van der Waals surface area contributed by atoms with Gasteiger partial charge in [0.25, 0.3) is 0 Å². The average molecular weight is 457 g/mol. The monoisotopic (exact) mass is 456 g/mol. The molecule has 1 saturated heterocycles. The highest BCUT2D eigenvalue weighted by atomic mass is 17.4. The van der Waals surface area contributed by atoms with Gasteiger partial charge in [0.1, 0.15) is 0 Å². The van der Waals surface area contributed by atoms with Crippen LogP contribution in [0.3, 0.4) is 0 Å². The van der Waals surface area contributed by atoms with Crippen LogP contribution in [0.2, 0.25) is 0 Å². The summed E-state index contributed by atoms with van der Waals surface area (Å²) in [4.78, 5) is 46.2. The molecule has 1 aliphatic rings. The van der Waals surface area contributed by atoms with Crippen molar-refractivity contribution in [3.8, 4) is 0 Å². The minimum Gasteiger partial charge on any atom is -0.247 e. The van der Waals surface area contributed by atoms with Gasteiger partial charge in [0.2, 0.25) is 0 Å². The molecule has 3 atom stereocenters. The number of hydrogen-bond donors (Lipinski definition) is 0. The molecule has 0 aromatic heterocycles. The highest BCUT2D eigenvalue weighted by Gasteiger charge is 2.64. The van der Waals surface area contributed by atoms with Crippen molar-refractivity contribution in [3.05, 3.63) is 0 Å². The first-order valence-corrected chi connectivity index (χ1v) is 11.9. The van der Waals surface area contributed by atoms with Gasteiger partial charge in [0, 0.05) is 5.92 Å². The average Bonchev–Trinajstić information content (AvgIpc) is 3.27. The molecule has 0 N–H and O–H groups in total. The van der Waals surface area contributed by atoms with E-state index in [2.05, 4.69) is 83.1 Å². The summed E-state index contributed by atoms with van der Waals surface area (Å²) < 4.78 is 0. The van der Waals surface area contributed by atoms with Gasteiger partial charge in [-0.1, -0.05) is 90.0 Å². The van der Waals surface area contributed by atoms with Gasteiger partial charge in [-0.15, -0.1) is 0 Å². The maximum Gasteiger partial charge on any atom is 0.420 e. The van der Waals surface area contributed by atoms with Gasteiger partial charge in [-0.25, -0.2) is 19.4 Å². The van der Waals surface area contributed by atoms with Gasteiger partial charge in [-0.3, -0.25) is 0 Å². The zero-order valence-corrected chi connectivity index (χ0v) is 22.8. The van der Waals surface area contributed by atoms with Crippen molar-refractivity contribution in [1.29, 1.82) is 0 Å². The third-order valence-corrected chi connectivity index (χ3v) is 5.90. The zero-order chi connectivity index (χ0) is 25.3. The fraction of sp³-hybridized carbons (Fsp3) is 0.923. The molecule has 0 radical (unpaired) electrons. The van der Waals surface area contributed by atoms with Crippen molar-refractivity contribution < 1.29 is 29.1 Å². The van der Waals surface area contributed by atoms with E-state index in [1.54, 1.807) is 0 Å². The van der Waals surface area contributed by atoms with E-state index >= 15 is 0 Å². The van der Waals surface area contributed by atoms with Crippen molar-refractivity contribution in [3.63, 3.8) is 0 Å². The van der Waals surface area contributed by atoms with Gasteiger partial charge in [-0.05, 0) is 46.8 Å². The second-order valence-corrected chi connectivity index (χ2v) is 14.2. The summed E-state index contributed by atoms with van der Waals surface area (Å²) in [5, 5.41) is 0. The molecule has 1 fully saturated rings. The van der Waals surface area contributed by atoms with Gasteiger partial charge < -0.3 is 0 Å². The molecule has 0 aromatic carbocycles. The van der Waals surface area contributed by atoms with Gasteiger partial charge in [-0.2, -0.15) is 9.78 Å². The Balaban J connectivity index is 2.98. The van der Waals surface area contributed by atoms with Crippen LogP contribution in [-0.2, 0) is 29.1 Å². The molecular weight excluding hydrogens is 408 g/mol. The van der Waals surface area contributed by atoms with Crippen molar-refractivity contribution in [2.75, 3.05) is 0 Å². The second-order valence-electron chi connectivity index (χ2n) is 14.2. The molecular formula is C26H48O6. The van der Waals surface area contributed by atoms with Crippen LogP contribution >= 0.6 is 0 Å². The Bertz CT molecular complexity index is 655. The summed E-state index contributed by atoms with van der Waals surface area (Å²) in [5.41, 5.74) is -0.295. The van der Waals surface area contributed by atoms with E-state index in [0.29, 0.717) is 6.42 Å². The molecule has 32 heavy (non-hydrogen) atoms. The van der Waals surface area contributed by atoms with Crippen LogP contribution in [0.4, 0.5) is 0 Å². The van der Waals surface area contributed by atoms with Crippen LogP contribution in [-0.4, -0.2) is 17.7 Å². The summed E-state index contributed by atoms with van der Waals surface area (Å²) in [6.07, 6.45) is 2.34. The number of rotatable bonds is 8. The Hall–Kier alpha value is -1.14. The van der Waals surface area contributed by atoms with Crippen molar-refractivity contribution in [2.45, 2.75) is 115 Å². The lowest BCUT2D eigenvalue weighted by Gasteiger charge is -2.41. The first-order chi connectivity index (χ1) is 14.1. The maximum atomic E-state index is 13.3. The van der Waals surface area contributed by atoms with Crippen molar-refractivity contribution in [1.82, 2.24) is 0 Å². The first kappa shape index (κ1) is 28.9. The van der Waals surface area contributed by atoms with E-state index in [0.717, 1.165) is 12.8 Å². The van der Waals surface area contributed by atoms with E-state index in [1.165, 1.54) is 0 Å². The van der Waals surface area contributed by atoms with Crippen LogP contribution in [0.1, 0.15) is 109 Å². The molecule has 6 heteroatoms. The SMILES string of the molecule is CC(CC(C)(C)C)C(C(=O)OOC(=O)C1(C(C)CC(C)(C)C)OO1)C(C)(C)CC(C)(C)C. The molecule has 1 heterocycles. The van der Waals surface area contributed by atoms with E-state index in [9.17, 15) is 9.59 Å². The highest BCUT2D eigenvalue weighted by molar-refractivity contribution is 5.81. The molecule has 3 unspecified atom stereocenters. The summed E-state index contributed by atoms with van der Waals surface area (Å²) in [7, 11) is 0. The van der Waals surface area contributed by atoms with Crippen LogP contribution in [0.5, 0.6) is 0 Å². The van der Waals surface area contributed by atoms with Gasteiger partial charge in [0.15, 0.2) is 0 Å². The van der Waals surface area contributed by atoms with Gasteiger partial charge in [0.05, 0.1) is 5.92 Å². The molecule has 0 aliphatic carbocycles. The standard InChI is InChI=1S/C26H48O6/c1-17(14-22(3,4)5)19(25(12,13)16-24(9,10)11)20(27)29-30-21(28)26(31-32-26)18(2)15-23(6,7)8/h17-19H,14-16H2,1-13H3. The molecule has 6 nitrogen and oxygen atoms in total. The topological polar surface area (TPSA) is 77.7 Å². The number of carbonyl (C=O) groups excluding carboxylic acids is 2. The molecule has 0 saturated carbocycles. The Morgan fingerprint density at radius 1 is 0.750 bits per heavy atom. The molecule has 188 valence electrons. The minimum atomic E-state index is -1.50. The molecule has 1 rings (SSSR count). The summed E-state index contributed by atoms with van der Waals surface area (Å²) in [6, 6.07) is 0. The van der Waals surface area contributed by atoms with Crippen LogP contribution in [0.15, 0.2) is 0 Å². The van der Waals surface area contributed by atoms with E-state index in [4.69, 9.17) is 19.6 Å². The molecule has 0 aromatic rings. The number of hydrogen-bond acceptors (Lipinski definition) is 6. The third-order valence-electron chi connectivity index (χ3n) is 5.90. The van der Waals surface area contributed by atoms with Crippen LogP contribution < -0.4 is 0 Å². The third kappa shape index (κ3) is 8.66. The molecule has 0 spiro atoms. The van der Waals surface area contributed by atoms with Crippen molar-refractivity contribution in [2.24, 2.45) is 39.4 Å². The Morgan fingerprint density at radius 3 is 1.59 bits per heavy atom. The smallest absolute Gasteiger partial charge is 0.247 e. The lowest BCUT2D eigenvalue weighted by molar-refractivity contribution is -0.272. The molecule has 1 aliphatic heterocycles. The van der Waals surface area contributed by atoms with E-state index in [-0.39, 0.29) is 33.5 Å². The largest absolute Gasteiger partial charge is 0.420 e. The first-order valence-electron chi connectivity index (χ1n) is 11.9. The zero-order valence-electron chi connectivity index (χ0n) is 22.8. The molecule has 0 amide bonds. The fourth-order valence-corrected chi connectivity index (χ4v) is 5.60. The van der Waals surface area contributed by atoms with E-state index in [1.807, 2.05) is 6.92 Å². The minimum absolute atomic E-state index is 0.0247. The second kappa shape index (κ2) is 9.61. The summed E-state index contributed by atoms with van der Waals surface area (Å²) >= 11 is 0. The predicted octanol–water partition coefficient (Wildman–Crippen LogP) is 6.87. The predicted molar refractivity (Wildman–Crippen MR) is 125 cm³/mol. The Labute approximate surface area is 195 Å². The Morgan fingerprint density at radius 2 is 1.22 bits per heavy atom. The van der Waals surface area contributed by atoms with Crippen LogP contribution in [0, 0.1) is 39.4 Å².